The van der Waals surface area contributed by atoms with Crippen LogP contribution in [0.1, 0.15) is 43.4 Å². The van der Waals surface area contributed by atoms with Crippen LogP contribution in [0.2, 0.25) is 0 Å². The summed E-state index contributed by atoms with van der Waals surface area (Å²) in [6.07, 6.45) is 0.870. The summed E-state index contributed by atoms with van der Waals surface area (Å²) in [5.41, 5.74) is 1.07. The molecule has 2 N–H and O–H groups in total. The molecular weight excluding hydrogens is 413 g/mol. The molecule has 174 valence electrons. The highest BCUT2D eigenvalue weighted by atomic mass is 19.1. The summed E-state index contributed by atoms with van der Waals surface area (Å²) in [4.78, 5) is 32.5. The third-order valence-corrected chi connectivity index (χ3v) is 5.69. The van der Waals surface area contributed by atoms with Gasteiger partial charge >= 0.3 is 0 Å². The molecule has 1 atom stereocenters. The van der Waals surface area contributed by atoms with Crippen molar-refractivity contribution in [1.82, 2.24) is 25.1 Å². The van der Waals surface area contributed by atoms with Crippen molar-refractivity contribution < 1.29 is 18.7 Å². The Morgan fingerprint density at radius 2 is 1.97 bits per heavy atom. The molecule has 2 aromatic rings. The number of ether oxygens (including phenoxy) is 1. The zero-order valence-electron chi connectivity index (χ0n) is 19.6. The predicted molar refractivity (Wildman–Crippen MR) is 120 cm³/mol. The molecule has 0 radical (unpaired) electrons. The van der Waals surface area contributed by atoms with Gasteiger partial charge in [-0.05, 0) is 43.6 Å². The van der Waals surface area contributed by atoms with Crippen molar-refractivity contribution in [2.45, 2.75) is 46.3 Å². The van der Waals surface area contributed by atoms with Gasteiger partial charge in [-0.3, -0.25) is 9.59 Å². The summed E-state index contributed by atoms with van der Waals surface area (Å²) >= 11 is 0. The molecule has 9 heteroatoms. The van der Waals surface area contributed by atoms with Crippen LogP contribution in [-0.4, -0.2) is 60.1 Å². The van der Waals surface area contributed by atoms with E-state index < -0.39 is 23.2 Å². The van der Waals surface area contributed by atoms with Gasteiger partial charge in [0, 0.05) is 25.7 Å². The lowest BCUT2D eigenvalue weighted by Gasteiger charge is -2.29. The quantitative estimate of drug-likeness (QED) is 0.738. The van der Waals surface area contributed by atoms with Crippen molar-refractivity contribution in [2.75, 3.05) is 27.7 Å². The molecule has 0 saturated carbocycles. The minimum Gasteiger partial charge on any atom is -0.494 e. The van der Waals surface area contributed by atoms with Gasteiger partial charge in [-0.2, -0.15) is 0 Å². The Morgan fingerprint density at radius 3 is 2.56 bits per heavy atom. The summed E-state index contributed by atoms with van der Waals surface area (Å²) in [5.74, 6) is -0.521. The minimum atomic E-state index is -0.734. The van der Waals surface area contributed by atoms with Crippen LogP contribution >= 0.6 is 0 Å². The SMILES string of the molecule is CNC(=O)[C@@H](NC(=O)c1nc(-c2ccc(OC)c(F)c2)n2c1CN(C)CCC2)C(C)(C)C. The van der Waals surface area contributed by atoms with Crippen molar-refractivity contribution in [3.63, 3.8) is 0 Å². The molecule has 0 aliphatic carbocycles. The van der Waals surface area contributed by atoms with Crippen molar-refractivity contribution >= 4 is 11.8 Å². The van der Waals surface area contributed by atoms with E-state index in [4.69, 9.17) is 4.74 Å². The van der Waals surface area contributed by atoms with E-state index in [9.17, 15) is 14.0 Å². The first-order chi connectivity index (χ1) is 15.1. The number of carbonyl (C=O) groups excluding carboxylic acids is 2. The van der Waals surface area contributed by atoms with E-state index in [-0.39, 0.29) is 17.4 Å². The van der Waals surface area contributed by atoms with Crippen LogP contribution < -0.4 is 15.4 Å². The van der Waals surface area contributed by atoms with Gasteiger partial charge in [-0.25, -0.2) is 9.37 Å². The summed E-state index contributed by atoms with van der Waals surface area (Å²) in [6.45, 7) is 7.71. The lowest BCUT2D eigenvalue weighted by molar-refractivity contribution is -0.124. The first-order valence-electron chi connectivity index (χ1n) is 10.7. The smallest absolute Gasteiger partial charge is 0.272 e. The highest BCUT2D eigenvalue weighted by Gasteiger charge is 2.34. The number of methoxy groups -OCH3 is 1. The number of imidazole rings is 1. The Bertz CT molecular complexity index is 1010. The van der Waals surface area contributed by atoms with Gasteiger partial charge in [0.1, 0.15) is 11.9 Å². The fourth-order valence-electron chi connectivity index (χ4n) is 3.95. The monoisotopic (exact) mass is 445 g/mol. The van der Waals surface area contributed by atoms with E-state index in [1.807, 2.05) is 32.4 Å². The standard InChI is InChI=1S/C23H32FN5O3/c1-23(2,3)19(22(31)25-4)27-21(30)18-16-13-28(5)10-7-11-29(16)20(26-18)14-8-9-17(32-6)15(24)12-14/h8-9,12,19H,7,10-11,13H2,1-6H3,(H,25,31)(H,27,30)/t19-/m1/s1. The maximum Gasteiger partial charge on any atom is 0.272 e. The number of nitrogens with zero attached hydrogens (tertiary/aromatic N) is 3. The normalized spacial score (nSPS) is 15.5. The minimum absolute atomic E-state index is 0.146. The van der Waals surface area contributed by atoms with E-state index in [1.165, 1.54) is 13.2 Å². The molecule has 0 unspecified atom stereocenters. The lowest BCUT2D eigenvalue weighted by Crippen LogP contribution is -2.53. The van der Waals surface area contributed by atoms with Crippen molar-refractivity contribution in [2.24, 2.45) is 5.41 Å². The molecule has 0 fully saturated rings. The van der Waals surface area contributed by atoms with Crippen LogP contribution in [0.25, 0.3) is 11.4 Å². The number of benzene rings is 1. The third-order valence-electron chi connectivity index (χ3n) is 5.69. The topological polar surface area (TPSA) is 88.5 Å². The predicted octanol–water partition coefficient (Wildman–Crippen LogP) is 2.42. The number of likely N-dealkylation sites (N-methyl/N-ethyl adjacent to an activating group) is 1. The van der Waals surface area contributed by atoms with E-state index in [1.54, 1.807) is 19.2 Å². The maximum atomic E-state index is 14.4. The lowest BCUT2D eigenvalue weighted by atomic mass is 9.86. The van der Waals surface area contributed by atoms with Gasteiger partial charge in [-0.15, -0.1) is 0 Å². The second kappa shape index (κ2) is 9.28. The van der Waals surface area contributed by atoms with Crippen LogP contribution in [-0.2, 0) is 17.9 Å². The Labute approximate surface area is 188 Å². The molecule has 0 saturated heterocycles. The Balaban J connectivity index is 2.07. The molecule has 8 nitrogen and oxygen atoms in total. The van der Waals surface area contributed by atoms with Crippen molar-refractivity contribution in [3.8, 4) is 17.1 Å². The molecule has 2 heterocycles. The van der Waals surface area contributed by atoms with E-state index in [0.29, 0.717) is 24.5 Å². The van der Waals surface area contributed by atoms with Crippen LogP contribution in [0.15, 0.2) is 18.2 Å². The van der Waals surface area contributed by atoms with Crippen LogP contribution in [0.3, 0.4) is 0 Å². The second-order valence-electron chi connectivity index (χ2n) is 9.21. The zero-order valence-corrected chi connectivity index (χ0v) is 19.6. The molecule has 2 amide bonds. The third kappa shape index (κ3) is 4.77. The number of hydrogen-bond acceptors (Lipinski definition) is 5. The molecule has 32 heavy (non-hydrogen) atoms. The average molecular weight is 446 g/mol. The second-order valence-corrected chi connectivity index (χ2v) is 9.21. The molecule has 0 spiro atoms. The van der Waals surface area contributed by atoms with E-state index in [0.717, 1.165) is 18.7 Å². The number of rotatable bonds is 5. The fourth-order valence-corrected chi connectivity index (χ4v) is 3.95. The summed E-state index contributed by atoms with van der Waals surface area (Å²) in [6, 6.07) is 3.92. The Kier molecular flexibility index (Phi) is 6.88. The number of fused-ring (bicyclic) bond motifs is 1. The van der Waals surface area contributed by atoms with Gasteiger partial charge < -0.3 is 24.8 Å². The molecule has 0 bridgehead atoms. The number of halogens is 1. The molecule has 1 aromatic carbocycles. The Morgan fingerprint density at radius 1 is 1.25 bits per heavy atom. The summed E-state index contributed by atoms with van der Waals surface area (Å²) < 4.78 is 21.4. The average Bonchev–Trinajstić information content (AvgIpc) is 2.97. The summed E-state index contributed by atoms with van der Waals surface area (Å²) in [7, 11) is 4.94. The number of aromatic nitrogens is 2. The van der Waals surface area contributed by atoms with E-state index >= 15 is 0 Å². The number of carbonyl (C=O) groups is 2. The highest BCUT2D eigenvalue weighted by molar-refractivity contribution is 5.97. The summed E-state index contributed by atoms with van der Waals surface area (Å²) in [5, 5.41) is 5.48. The van der Waals surface area contributed by atoms with Crippen molar-refractivity contribution in [3.05, 3.63) is 35.4 Å². The Hall–Kier alpha value is -2.94. The van der Waals surface area contributed by atoms with Gasteiger partial charge in [0.15, 0.2) is 17.3 Å². The largest absolute Gasteiger partial charge is 0.494 e. The zero-order chi connectivity index (χ0) is 23.6. The maximum absolute atomic E-state index is 14.4. The van der Waals surface area contributed by atoms with Crippen LogP contribution in [0.4, 0.5) is 4.39 Å². The first kappa shape index (κ1) is 23.7. The number of nitrogens with one attached hydrogen (secondary N) is 2. The molecule has 3 rings (SSSR count). The number of hydrogen-bond donors (Lipinski definition) is 2. The molecule has 1 aliphatic rings. The molecule has 1 aromatic heterocycles. The molecule has 1 aliphatic heterocycles. The van der Waals surface area contributed by atoms with Crippen molar-refractivity contribution in [1.29, 1.82) is 0 Å². The first-order valence-corrected chi connectivity index (χ1v) is 10.7. The highest BCUT2D eigenvalue weighted by Crippen LogP contribution is 2.29. The van der Waals surface area contributed by atoms with Gasteiger partial charge in [0.2, 0.25) is 5.91 Å². The van der Waals surface area contributed by atoms with Gasteiger partial charge in [0.05, 0.1) is 12.8 Å². The van der Waals surface area contributed by atoms with E-state index in [2.05, 4.69) is 20.5 Å². The van der Waals surface area contributed by atoms with Crippen LogP contribution in [0.5, 0.6) is 5.75 Å². The number of amides is 2. The molecular formula is C23H32FN5O3. The van der Waals surface area contributed by atoms with Gasteiger partial charge in [0.25, 0.3) is 5.91 Å². The van der Waals surface area contributed by atoms with Crippen LogP contribution in [0, 0.1) is 11.2 Å². The van der Waals surface area contributed by atoms with Gasteiger partial charge in [-0.1, -0.05) is 20.8 Å². The fraction of sp³-hybridized carbons (Fsp3) is 0.522.